The van der Waals surface area contributed by atoms with Crippen molar-refractivity contribution in [2.24, 2.45) is 0 Å². The van der Waals surface area contributed by atoms with Crippen LogP contribution in [0.3, 0.4) is 0 Å². The summed E-state index contributed by atoms with van der Waals surface area (Å²) in [7, 11) is 0. The number of rotatable bonds is 4. The number of nitrogens with zero attached hydrogens (tertiary/aromatic N) is 3. The van der Waals surface area contributed by atoms with E-state index in [4.69, 9.17) is 4.42 Å². The number of hydrogen-bond acceptors (Lipinski definition) is 6. The molecule has 2 rings (SSSR count). The average molecular weight is 240 g/mol. The van der Waals surface area contributed by atoms with Crippen LogP contribution in [-0.2, 0) is 6.54 Å². The van der Waals surface area contributed by atoms with Crippen LogP contribution in [0.2, 0.25) is 0 Å². The fraction of sp³-hybridized carbons (Fsp3) is 0.818. The molecule has 2 heterocycles. The van der Waals surface area contributed by atoms with E-state index in [-0.39, 0.29) is 0 Å². The van der Waals surface area contributed by atoms with Crippen molar-refractivity contribution < 1.29 is 9.52 Å². The molecule has 0 saturated carbocycles. The number of nitrogens with one attached hydrogen (secondary N) is 1. The van der Waals surface area contributed by atoms with Crippen molar-refractivity contribution >= 4 is 6.01 Å². The van der Waals surface area contributed by atoms with Gasteiger partial charge in [0.15, 0.2) is 0 Å². The molecular weight excluding hydrogens is 220 g/mol. The summed E-state index contributed by atoms with van der Waals surface area (Å²) in [6, 6.07) is 0.890. The number of anilines is 1. The summed E-state index contributed by atoms with van der Waals surface area (Å²) in [6.07, 6.45) is 0.731. The lowest BCUT2D eigenvalue weighted by atomic mass is 10.1. The van der Waals surface area contributed by atoms with Crippen LogP contribution < -0.4 is 10.2 Å². The van der Waals surface area contributed by atoms with E-state index >= 15 is 0 Å². The van der Waals surface area contributed by atoms with E-state index < -0.39 is 5.60 Å². The molecule has 1 unspecified atom stereocenters. The van der Waals surface area contributed by atoms with Gasteiger partial charge in [0.1, 0.15) is 0 Å². The maximum Gasteiger partial charge on any atom is 0.318 e. The molecular formula is C11H20N4O2. The Kier molecular flexibility index (Phi) is 3.35. The fourth-order valence-electron chi connectivity index (χ4n) is 1.84. The molecule has 6 nitrogen and oxygen atoms in total. The summed E-state index contributed by atoms with van der Waals surface area (Å²) < 4.78 is 5.54. The molecule has 0 spiro atoms. The SMILES string of the molecule is CC(C)NCc1nnc(N2CCC(C)(O)C2)o1. The highest BCUT2D eigenvalue weighted by Gasteiger charge is 2.33. The molecule has 0 bridgehead atoms. The lowest BCUT2D eigenvalue weighted by Crippen LogP contribution is -2.29. The molecule has 1 aliphatic heterocycles. The lowest BCUT2D eigenvalue weighted by molar-refractivity contribution is 0.0836. The molecule has 0 aromatic carbocycles. The van der Waals surface area contributed by atoms with E-state index in [0.717, 1.165) is 13.0 Å². The van der Waals surface area contributed by atoms with Crippen molar-refractivity contribution in [2.75, 3.05) is 18.0 Å². The summed E-state index contributed by atoms with van der Waals surface area (Å²) in [6.45, 7) is 7.84. The largest absolute Gasteiger partial charge is 0.407 e. The average Bonchev–Trinajstić information content (AvgIpc) is 2.81. The third-order valence-corrected chi connectivity index (χ3v) is 2.84. The van der Waals surface area contributed by atoms with Crippen LogP contribution in [-0.4, -0.2) is 40.0 Å². The van der Waals surface area contributed by atoms with Crippen molar-refractivity contribution in [1.29, 1.82) is 0 Å². The third-order valence-electron chi connectivity index (χ3n) is 2.84. The number of β-amino-alcohol motifs (C(OH)–C–C–N with tert-alkyl or cyclic N) is 1. The predicted molar refractivity (Wildman–Crippen MR) is 63.7 cm³/mol. The van der Waals surface area contributed by atoms with Crippen molar-refractivity contribution in [3.8, 4) is 0 Å². The molecule has 1 saturated heterocycles. The predicted octanol–water partition coefficient (Wildman–Crippen LogP) is 0.529. The summed E-state index contributed by atoms with van der Waals surface area (Å²) >= 11 is 0. The van der Waals surface area contributed by atoms with Crippen LogP contribution in [0.1, 0.15) is 33.1 Å². The first-order chi connectivity index (χ1) is 7.96. The second kappa shape index (κ2) is 4.62. The Hall–Kier alpha value is -1.14. The van der Waals surface area contributed by atoms with E-state index in [1.165, 1.54) is 0 Å². The Labute approximate surface area is 101 Å². The zero-order valence-electron chi connectivity index (χ0n) is 10.6. The van der Waals surface area contributed by atoms with Gasteiger partial charge >= 0.3 is 6.01 Å². The summed E-state index contributed by atoms with van der Waals surface area (Å²) in [4.78, 5) is 1.92. The smallest absolute Gasteiger partial charge is 0.318 e. The normalized spacial score (nSPS) is 24.9. The summed E-state index contributed by atoms with van der Waals surface area (Å²) in [5, 5.41) is 21.1. The maximum absolute atomic E-state index is 9.87. The molecule has 6 heteroatoms. The lowest BCUT2D eigenvalue weighted by Gasteiger charge is -2.16. The van der Waals surface area contributed by atoms with Crippen LogP contribution in [0.5, 0.6) is 0 Å². The Bertz CT molecular complexity index is 375. The van der Waals surface area contributed by atoms with Crippen molar-refractivity contribution in [1.82, 2.24) is 15.5 Å². The number of aliphatic hydroxyl groups is 1. The van der Waals surface area contributed by atoms with Crippen LogP contribution >= 0.6 is 0 Å². The quantitative estimate of drug-likeness (QED) is 0.799. The minimum Gasteiger partial charge on any atom is -0.407 e. The number of hydrogen-bond donors (Lipinski definition) is 2. The van der Waals surface area contributed by atoms with Gasteiger partial charge in [-0.3, -0.25) is 0 Å². The van der Waals surface area contributed by atoms with Crippen LogP contribution in [0.4, 0.5) is 6.01 Å². The Morgan fingerprint density at radius 2 is 2.29 bits per heavy atom. The van der Waals surface area contributed by atoms with Gasteiger partial charge in [-0.1, -0.05) is 18.9 Å². The standard InChI is InChI=1S/C11H20N4O2/c1-8(2)12-6-9-13-14-10(17-9)15-5-4-11(3,16)7-15/h8,12,16H,4-7H2,1-3H3. The van der Waals surface area contributed by atoms with E-state index in [0.29, 0.717) is 31.0 Å². The topological polar surface area (TPSA) is 74.4 Å². The molecule has 1 aromatic heterocycles. The summed E-state index contributed by atoms with van der Waals surface area (Å²) in [5.41, 5.74) is -0.648. The van der Waals surface area contributed by atoms with Crippen molar-refractivity contribution in [3.63, 3.8) is 0 Å². The summed E-state index contributed by atoms with van der Waals surface area (Å²) in [5.74, 6) is 0.584. The van der Waals surface area contributed by atoms with E-state index in [1.54, 1.807) is 0 Å². The van der Waals surface area contributed by atoms with Crippen LogP contribution in [0.15, 0.2) is 4.42 Å². The molecule has 0 radical (unpaired) electrons. The molecule has 0 amide bonds. The van der Waals surface area contributed by atoms with Gasteiger partial charge in [-0.2, -0.15) is 0 Å². The van der Waals surface area contributed by atoms with Gasteiger partial charge in [0.25, 0.3) is 0 Å². The molecule has 1 fully saturated rings. The van der Waals surface area contributed by atoms with Crippen LogP contribution in [0.25, 0.3) is 0 Å². The van der Waals surface area contributed by atoms with Crippen LogP contribution in [0, 0.1) is 0 Å². The molecule has 96 valence electrons. The van der Waals surface area contributed by atoms with E-state index in [2.05, 4.69) is 29.4 Å². The van der Waals surface area contributed by atoms with Crippen molar-refractivity contribution in [3.05, 3.63) is 5.89 Å². The molecule has 1 aromatic rings. The van der Waals surface area contributed by atoms with Gasteiger partial charge in [0.2, 0.25) is 5.89 Å². The fourth-order valence-corrected chi connectivity index (χ4v) is 1.84. The molecule has 17 heavy (non-hydrogen) atoms. The first kappa shape index (κ1) is 12.3. The Morgan fingerprint density at radius 3 is 2.88 bits per heavy atom. The second-order valence-corrected chi connectivity index (χ2v) is 5.18. The van der Waals surface area contributed by atoms with E-state index in [9.17, 15) is 5.11 Å². The first-order valence-electron chi connectivity index (χ1n) is 5.99. The molecule has 2 N–H and O–H groups in total. The Balaban J connectivity index is 1.94. The molecule has 1 aliphatic rings. The minimum absolute atomic E-state index is 0.387. The first-order valence-corrected chi connectivity index (χ1v) is 5.99. The molecule has 1 atom stereocenters. The van der Waals surface area contributed by atoms with Gasteiger partial charge in [0, 0.05) is 12.6 Å². The highest BCUT2D eigenvalue weighted by Crippen LogP contribution is 2.25. The highest BCUT2D eigenvalue weighted by molar-refractivity contribution is 5.28. The second-order valence-electron chi connectivity index (χ2n) is 5.18. The monoisotopic (exact) mass is 240 g/mol. The Morgan fingerprint density at radius 1 is 1.53 bits per heavy atom. The van der Waals surface area contributed by atoms with Gasteiger partial charge < -0.3 is 19.7 Å². The zero-order valence-corrected chi connectivity index (χ0v) is 10.6. The van der Waals surface area contributed by atoms with Gasteiger partial charge in [-0.05, 0) is 13.3 Å². The third kappa shape index (κ3) is 3.17. The number of aromatic nitrogens is 2. The van der Waals surface area contributed by atoms with Gasteiger partial charge in [0.05, 0.1) is 18.7 Å². The molecule has 0 aliphatic carbocycles. The maximum atomic E-state index is 9.87. The van der Waals surface area contributed by atoms with E-state index in [1.807, 2.05) is 11.8 Å². The zero-order chi connectivity index (χ0) is 12.5. The van der Waals surface area contributed by atoms with Gasteiger partial charge in [-0.25, -0.2) is 0 Å². The van der Waals surface area contributed by atoms with Gasteiger partial charge in [-0.15, -0.1) is 5.10 Å². The minimum atomic E-state index is -0.648. The highest BCUT2D eigenvalue weighted by atomic mass is 16.4. The van der Waals surface area contributed by atoms with Crippen molar-refractivity contribution in [2.45, 2.75) is 45.4 Å².